The van der Waals surface area contributed by atoms with Gasteiger partial charge >= 0.3 is 0 Å². The summed E-state index contributed by atoms with van der Waals surface area (Å²) >= 11 is 0. The maximum Gasteiger partial charge on any atom is 0.183 e. The van der Waals surface area contributed by atoms with E-state index in [9.17, 15) is 17.6 Å². The van der Waals surface area contributed by atoms with Crippen LogP contribution in [0, 0.1) is 41.5 Å². The number of halogens is 4. The van der Waals surface area contributed by atoms with E-state index in [1.807, 2.05) is 0 Å². The Labute approximate surface area is 112 Å². The van der Waals surface area contributed by atoms with Gasteiger partial charge in [0.1, 0.15) is 17.6 Å². The first-order valence-corrected chi connectivity index (χ1v) is 5.55. The van der Waals surface area contributed by atoms with Gasteiger partial charge in [-0.25, -0.2) is 17.6 Å². The molecule has 0 aliphatic carbocycles. The average Bonchev–Trinajstić information content (AvgIpc) is 2.44. The van der Waals surface area contributed by atoms with Gasteiger partial charge in [0.25, 0.3) is 0 Å². The standard InChI is InChI=1S/C14H8F4N2/c1-7-2-4-9(15)14(11(7)16)20-10-5-3-8(6-19)12(17)13(10)18/h2-5,20H,1H3. The molecular weight excluding hydrogens is 272 g/mol. The Morgan fingerprint density at radius 3 is 2.30 bits per heavy atom. The molecule has 2 aromatic rings. The Kier molecular flexibility index (Phi) is 3.61. The molecule has 0 fully saturated rings. The van der Waals surface area contributed by atoms with Gasteiger partial charge in [0.05, 0.1) is 11.3 Å². The van der Waals surface area contributed by atoms with Gasteiger partial charge in [-0.05, 0) is 30.7 Å². The van der Waals surface area contributed by atoms with Crippen LogP contribution in [-0.2, 0) is 0 Å². The second kappa shape index (κ2) is 5.21. The van der Waals surface area contributed by atoms with Crippen molar-refractivity contribution in [2.45, 2.75) is 6.92 Å². The number of benzene rings is 2. The number of hydrogen-bond donors (Lipinski definition) is 1. The lowest BCUT2D eigenvalue weighted by Crippen LogP contribution is -2.03. The summed E-state index contributed by atoms with van der Waals surface area (Å²) in [6, 6.07) is 5.77. The van der Waals surface area contributed by atoms with Crippen LogP contribution in [-0.4, -0.2) is 0 Å². The van der Waals surface area contributed by atoms with Gasteiger partial charge in [-0.1, -0.05) is 6.07 Å². The van der Waals surface area contributed by atoms with Crippen LogP contribution in [0.2, 0.25) is 0 Å². The van der Waals surface area contributed by atoms with Crippen LogP contribution in [0.3, 0.4) is 0 Å². The Balaban J connectivity index is 2.49. The highest BCUT2D eigenvalue weighted by atomic mass is 19.2. The minimum atomic E-state index is -1.37. The molecule has 0 unspecified atom stereocenters. The van der Waals surface area contributed by atoms with Crippen molar-refractivity contribution in [3.05, 3.63) is 58.7 Å². The fraction of sp³-hybridized carbons (Fsp3) is 0.0714. The van der Waals surface area contributed by atoms with E-state index in [0.29, 0.717) is 0 Å². The number of anilines is 2. The lowest BCUT2D eigenvalue weighted by molar-refractivity contribution is 0.509. The smallest absolute Gasteiger partial charge is 0.183 e. The molecule has 20 heavy (non-hydrogen) atoms. The summed E-state index contributed by atoms with van der Waals surface area (Å²) < 4.78 is 54.4. The second-order valence-electron chi connectivity index (χ2n) is 4.08. The largest absolute Gasteiger partial charge is 0.348 e. The van der Waals surface area contributed by atoms with Gasteiger partial charge in [0.2, 0.25) is 0 Å². The maximum absolute atomic E-state index is 13.8. The lowest BCUT2D eigenvalue weighted by atomic mass is 10.1. The van der Waals surface area contributed by atoms with Gasteiger partial charge < -0.3 is 5.32 Å². The third-order valence-electron chi connectivity index (χ3n) is 2.75. The third kappa shape index (κ3) is 2.30. The number of nitrogens with zero attached hydrogens (tertiary/aromatic N) is 1. The SMILES string of the molecule is Cc1ccc(F)c(Nc2ccc(C#N)c(F)c2F)c1F. The zero-order valence-electron chi connectivity index (χ0n) is 10.3. The summed E-state index contributed by atoms with van der Waals surface area (Å²) in [6.45, 7) is 1.41. The van der Waals surface area contributed by atoms with Crippen molar-refractivity contribution < 1.29 is 17.6 Å². The molecule has 0 atom stereocenters. The van der Waals surface area contributed by atoms with E-state index in [-0.39, 0.29) is 5.56 Å². The van der Waals surface area contributed by atoms with E-state index in [4.69, 9.17) is 5.26 Å². The molecule has 2 rings (SSSR count). The molecule has 1 N–H and O–H groups in total. The highest BCUT2D eigenvalue weighted by Crippen LogP contribution is 2.28. The summed E-state index contributed by atoms with van der Waals surface area (Å²) in [4.78, 5) is 0. The Morgan fingerprint density at radius 1 is 0.950 bits per heavy atom. The van der Waals surface area contributed by atoms with Crippen molar-refractivity contribution in [3.8, 4) is 6.07 Å². The predicted octanol–water partition coefficient (Wildman–Crippen LogP) is 4.17. The lowest BCUT2D eigenvalue weighted by Gasteiger charge is -2.11. The molecule has 0 amide bonds. The van der Waals surface area contributed by atoms with E-state index < -0.39 is 40.2 Å². The van der Waals surface area contributed by atoms with E-state index >= 15 is 0 Å². The Bertz CT molecular complexity index is 720. The zero-order chi connectivity index (χ0) is 14.9. The zero-order valence-corrected chi connectivity index (χ0v) is 10.3. The van der Waals surface area contributed by atoms with Crippen LogP contribution in [0.4, 0.5) is 28.9 Å². The number of aryl methyl sites for hydroxylation is 1. The molecule has 0 saturated heterocycles. The summed E-state index contributed by atoms with van der Waals surface area (Å²) in [5, 5.41) is 10.7. The highest BCUT2D eigenvalue weighted by Gasteiger charge is 2.17. The van der Waals surface area contributed by atoms with E-state index in [2.05, 4.69) is 5.32 Å². The topological polar surface area (TPSA) is 35.8 Å². The van der Waals surface area contributed by atoms with Crippen LogP contribution in [0.1, 0.15) is 11.1 Å². The Morgan fingerprint density at radius 2 is 1.65 bits per heavy atom. The molecule has 2 aromatic carbocycles. The quantitative estimate of drug-likeness (QED) is 0.838. The number of rotatable bonds is 2. The normalized spacial score (nSPS) is 10.2. The van der Waals surface area contributed by atoms with E-state index in [1.54, 1.807) is 0 Å². The Hall–Kier alpha value is -2.55. The average molecular weight is 280 g/mol. The molecule has 0 saturated carbocycles. The van der Waals surface area contributed by atoms with Crippen molar-refractivity contribution in [1.82, 2.24) is 0 Å². The predicted molar refractivity (Wildman–Crippen MR) is 65.5 cm³/mol. The van der Waals surface area contributed by atoms with Crippen LogP contribution in [0.15, 0.2) is 24.3 Å². The van der Waals surface area contributed by atoms with Crippen molar-refractivity contribution in [2.75, 3.05) is 5.32 Å². The number of nitrogens with one attached hydrogen (secondary N) is 1. The molecule has 2 nitrogen and oxygen atoms in total. The van der Waals surface area contributed by atoms with Crippen LogP contribution in [0.25, 0.3) is 0 Å². The molecule has 0 aromatic heterocycles. The van der Waals surface area contributed by atoms with Crippen molar-refractivity contribution in [3.63, 3.8) is 0 Å². The molecule has 0 bridgehead atoms. The van der Waals surface area contributed by atoms with E-state index in [0.717, 1.165) is 18.2 Å². The molecule has 0 heterocycles. The van der Waals surface area contributed by atoms with Crippen LogP contribution in [0.5, 0.6) is 0 Å². The summed E-state index contributed by atoms with van der Waals surface area (Å²) in [5.41, 5.74) is -1.36. The summed E-state index contributed by atoms with van der Waals surface area (Å²) in [5.74, 6) is -4.57. The van der Waals surface area contributed by atoms with Gasteiger partial charge in [-0.2, -0.15) is 5.26 Å². The van der Waals surface area contributed by atoms with Crippen molar-refractivity contribution in [2.24, 2.45) is 0 Å². The fourth-order valence-electron chi connectivity index (χ4n) is 1.64. The van der Waals surface area contributed by atoms with Crippen molar-refractivity contribution >= 4 is 11.4 Å². The van der Waals surface area contributed by atoms with Gasteiger partial charge in [0.15, 0.2) is 17.5 Å². The highest BCUT2D eigenvalue weighted by molar-refractivity contribution is 5.63. The minimum absolute atomic E-state index is 0.156. The molecule has 0 aliphatic rings. The molecule has 6 heteroatoms. The first-order valence-electron chi connectivity index (χ1n) is 5.55. The summed E-state index contributed by atoms with van der Waals surface area (Å²) in [6.07, 6.45) is 0. The number of nitriles is 1. The van der Waals surface area contributed by atoms with Crippen molar-refractivity contribution in [1.29, 1.82) is 5.26 Å². The van der Waals surface area contributed by atoms with E-state index in [1.165, 1.54) is 19.1 Å². The molecule has 0 radical (unpaired) electrons. The van der Waals surface area contributed by atoms with Gasteiger partial charge in [0, 0.05) is 0 Å². The molecule has 102 valence electrons. The number of hydrogen-bond acceptors (Lipinski definition) is 2. The van der Waals surface area contributed by atoms with Crippen LogP contribution < -0.4 is 5.32 Å². The van der Waals surface area contributed by atoms with Gasteiger partial charge in [-0.15, -0.1) is 0 Å². The monoisotopic (exact) mass is 280 g/mol. The maximum atomic E-state index is 13.8. The van der Waals surface area contributed by atoms with Crippen LogP contribution >= 0.6 is 0 Å². The van der Waals surface area contributed by atoms with Gasteiger partial charge in [-0.3, -0.25) is 0 Å². The molecule has 0 spiro atoms. The second-order valence-corrected chi connectivity index (χ2v) is 4.08. The first-order chi connectivity index (χ1) is 9.45. The third-order valence-corrected chi connectivity index (χ3v) is 2.75. The molecular formula is C14H8F4N2. The molecule has 0 aliphatic heterocycles. The fourth-order valence-corrected chi connectivity index (χ4v) is 1.64. The minimum Gasteiger partial charge on any atom is -0.348 e. The first kappa shape index (κ1) is 13.9. The summed E-state index contributed by atoms with van der Waals surface area (Å²) in [7, 11) is 0.